The zero-order chi connectivity index (χ0) is 12.1. The molecule has 1 atom stereocenters. The summed E-state index contributed by atoms with van der Waals surface area (Å²) in [5, 5.41) is 2.10. The van der Waals surface area contributed by atoms with Crippen LogP contribution in [0, 0.1) is 0 Å². The Morgan fingerprint density at radius 1 is 1.29 bits per heavy atom. The van der Waals surface area contributed by atoms with Crippen LogP contribution >= 0.6 is 11.3 Å². The molecule has 0 spiro atoms. The van der Waals surface area contributed by atoms with E-state index in [1.54, 1.807) is 18.4 Å². The summed E-state index contributed by atoms with van der Waals surface area (Å²) in [5.41, 5.74) is 7.13. The quantitative estimate of drug-likeness (QED) is 0.881. The highest BCUT2D eigenvalue weighted by Gasteiger charge is 2.11. The third-order valence-corrected chi connectivity index (χ3v) is 3.88. The van der Waals surface area contributed by atoms with Crippen molar-refractivity contribution in [3.8, 4) is 5.75 Å². The van der Waals surface area contributed by atoms with Crippen LogP contribution < -0.4 is 10.5 Å². The molecule has 0 radical (unpaired) electrons. The van der Waals surface area contributed by atoms with Gasteiger partial charge in [-0.25, -0.2) is 0 Å². The molecule has 0 saturated carbocycles. The summed E-state index contributed by atoms with van der Waals surface area (Å²) in [5.74, 6) is 1.31. The van der Waals surface area contributed by atoms with Crippen LogP contribution in [-0.2, 0) is 6.42 Å². The van der Waals surface area contributed by atoms with Crippen molar-refractivity contribution in [3.05, 3.63) is 52.2 Å². The molecule has 3 heteroatoms. The van der Waals surface area contributed by atoms with Crippen molar-refractivity contribution in [1.29, 1.82) is 0 Å². The minimum atomic E-state index is 0.405. The van der Waals surface area contributed by atoms with E-state index in [0.29, 0.717) is 12.5 Å². The molecule has 1 heterocycles. The zero-order valence-corrected chi connectivity index (χ0v) is 10.7. The third-order valence-electron chi connectivity index (χ3n) is 2.85. The molecular formula is C14H17NOS. The summed E-state index contributed by atoms with van der Waals surface area (Å²) < 4.78 is 5.23. The fraction of sp³-hybridized carbons (Fsp3) is 0.286. The first kappa shape index (κ1) is 12.1. The van der Waals surface area contributed by atoms with E-state index in [-0.39, 0.29) is 0 Å². The van der Waals surface area contributed by atoms with Gasteiger partial charge in [-0.2, -0.15) is 0 Å². The van der Waals surface area contributed by atoms with Gasteiger partial charge >= 0.3 is 0 Å². The molecule has 0 bridgehead atoms. The number of benzene rings is 1. The van der Waals surface area contributed by atoms with Gasteiger partial charge in [0.2, 0.25) is 0 Å². The average Bonchev–Trinajstić information content (AvgIpc) is 2.90. The van der Waals surface area contributed by atoms with Crippen LogP contribution in [0.4, 0.5) is 0 Å². The lowest BCUT2D eigenvalue weighted by Crippen LogP contribution is -2.13. The molecule has 0 aliphatic heterocycles. The van der Waals surface area contributed by atoms with Gasteiger partial charge in [-0.3, -0.25) is 0 Å². The van der Waals surface area contributed by atoms with E-state index >= 15 is 0 Å². The Kier molecular flexibility index (Phi) is 4.18. The highest BCUT2D eigenvalue weighted by molar-refractivity contribution is 7.10. The molecule has 0 aliphatic rings. The van der Waals surface area contributed by atoms with Gasteiger partial charge in [-0.1, -0.05) is 18.2 Å². The third kappa shape index (κ3) is 3.08. The normalized spacial score (nSPS) is 12.4. The van der Waals surface area contributed by atoms with E-state index in [0.717, 1.165) is 12.2 Å². The van der Waals surface area contributed by atoms with Crippen molar-refractivity contribution < 1.29 is 4.74 Å². The Hall–Kier alpha value is -1.32. The summed E-state index contributed by atoms with van der Waals surface area (Å²) in [4.78, 5) is 1.36. The fourth-order valence-electron chi connectivity index (χ4n) is 1.91. The Balaban J connectivity index is 2.13. The molecule has 17 heavy (non-hydrogen) atoms. The molecule has 0 saturated heterocycles. The highest BCUT2D eigenvalue weighted by Crippen LogP contribution is 2.25. The van der Waals surface area contributed by atoms with Crippen molar-refractivity contribution in [2.24, 2.45) is 5.73 Å². The first-order valence-corrected chi connectivity index (χ1v) is 6.58. The van der Waals surface area contributed by atoms with E-state index < -0.39 is 0 Å². The predicted octanol–water partition coefficient (Wildman–Crippen LogP) is 3.04. The average molecular weight is 247 g/mol. The smallest absolute Gasteiger partial charge is 0.119 e. The lowest BCUT2D eigenvalue weighted by molar-refractivity contribution is 0.414. The Bertz CT molecular complexity index is 453. The lowest BCUT2D eigenvalue weighted by Gasteiger charge is -2.13. The van der Waals surface area contributed by atoms with Gasteiger partial charge in [0.25, 0.3) is 0 Å². The van der Waals surface area contributed by atoms with Crippen LogP contribution in [0.25, 0.3) is 0 Å². The van der Waals surface area contributed by atoms with Gasteiger partial charge in [0.1, 0.15) is 5.75 Å². The highest BCUT2D eigenvalue weighted by atomic mass is 32.1. The van der Waals surface area contributed by atoms with Gasteiger partial charge in [-0.15, -0.1) is 11.3 Å². The lowest BCUT2D eigenvalue weighted by atomic mass is 9.98. The standard InChI is InChI=1S/C14H17NOS/c1-16-13-5-2-4-11(9-13)8-12(10-15)14-6-3-7-17-14/h2-7,9,12H,8,10,15H2,1H3. The van der Waals surface area contributed by atoms with Crippen molar-refractivity contribution >= 4 is 11.3 Å². The summed E-state index contributed by atoms with van der Waals surface area (Å²) >= 11 is 1.77. The molecule has 1 aromatic carbocycles. The van der Waals surface area contributed by atoms with Crippen LogP contribution in [0.5, 0.6) is 5.75 Å². The van der Waals surface area contributed by atoms with Crippen molar-refractivity contribution in [1.82, 2.24) is 0 Å². The molecule has 2 N–H and O–H groups in total. The molecule has 90 valence electrons. The maximum Gasteiger partial charge on any atom is 0.119 e. The number of rotatable bonds is 5. The molecule has 2 aromatic rings. The second kappa shape index (κ2) is 5.84. The van der Waals surface area contributed by atoms with Gasteiger partial charge in [0.15, 0.2) is 0 Å². The van der Waals surface area contributed by atoms with E-state index in [2.05, 4.69) is 29.6 Å². The molecular weight excluding hydrogens is 230 g/mol. The van der Waals surface area contributed by atoms with Crippen LogP contribution in [0.15, 0.2) is 41.8 Å². The maximum absolute atomic E-state index is 5.86. The van der Waals surface area contributed by atoms with Gasteiger partial charge in [0, 0.05) is 17.3 Å². The van der Waals surface area contributed by atoms with E-state index in [4.69, 9.17) is 10.5 Å². The van der Waals surface area contributed by atoms with Crippen LogP contribution in [0.3, 0.4) is 0 Å². The van der Waals surface area contributed by atoms with Crippen LogP contribution in [0.1, 0.15) is 16.4 Å². The summed E-state index contributed by atoms with van der Waals surface area (Å²) in [6.45, 7) is 0.678. The van der Waals surface area contributed by atoms with Crippen LogP contribution in [-0.4, -0.2) is 13.7 Å². The SMILES string of the molecule is COc1cccc(CC(CN)c2cccs2)c1. The molecule has 1 unspecified atom stereocenters. The van der Waals surface area contributed by atoms with E-state index in [1.165, 1.54) is 10.4 Å². The van der Waals surface area contributed by atoms with Gasteiger partial charge < -0.3 is 10.5 Å². The molecule has 2 nitrogen and oxygen atoms in total. The zero-order valence-electron chi connectivity index (χ0n) is 9.93. The first-order valence-electron chi connectivity index (χ1n) is 5.70. The molecule has 0 aliphatic carbocycles. The summed E-state index contributed by atoms with van der Waals surface area (Å²) in [6.07, 6.45) is 0.966. The largest absolute Gasteiger partial charge is 0.497 e. The second-order valence-electron chi connectivity index (χ2n) is 4.00. The molecule has 0 fully saturated rings. The number of hydrogen-bond donors (Lipinski definition) is 1. The fourth-order valence-corrected chi connectivity index (χ4v) is 2.75. The Labute approximate surface area is 106 Å². The minimum Gasteiger partial charge on any atom is -0.497 e. The predicted molar refractivity (Wildman–Crippen MR) is 72.8 cm³/mol. The molecule has 1 aromatic heterocycles. The topological polar surface area (TPSA) is 35.2 Å². The monoisotopic (exact) mass is 247 g/mol. The second-order valence-corrected chi connectivity index (χ2v) is 4.98. The van der Waals surface area contributed by atoms with Crippen LogP contribution in [0.2, 0.25) is 0 Å². The summed E-state index contributed by atoms with van der Waals surface area (Å²) in [7, 11) is 1.69. The minimum absolute atomic E-state index is 0.405. The van der Waals surface area contributed by atoms with Crippen molar-refractivity contribution in [2.75, 3.05) is 13.7 Å². The number of thiophene rings is 1. The molecule has 2 rings (SSSR count). The van der Waals surface area contributed by atoms with Gasteiger partial charge in [-0.05, 0) is 35.6 Å². The summed E-state index contributed by atoms with van der Waals surface area (Å²) in [6, 6.07) is 12.4. The Morgan fingerprint density at radius 3 is 2.82 bits per heavy atom. The number of ether oxygens (including phenoxy) is 1. The van der Waals surface area contributed by atoms with Crippen molar-refractivity contribution in [2.45, 2.75) is 12.3 Å². The molecule has 0 amide bonds. The van der Waals surface area contributed by atoms with Crippen molar-refractivity contribution in [3.63, 3.8) is 0 Å². The number of nitrogens with two attached hydrogens (primary N) is 1. The van der Waals surface area contributed by atoms with Gasteiger partial charge in [0.05, 0.1) is 7.11 Å². The van der Waals surface area contributed by atoms with E-state index in [1.807, 2.05) is 12.1 Å². The first-order chi connectivity index (χ1) is 8.33. The number of methoxy groups -OCH3 is 1. The van der Waals surface area contributed by atoms with E-state index in [9.17, 15) is 0 Å². The Morgan fingerprint density at radius 2 is 2.18 bits per heavy atom. The number of hydrogen-bond acceptors (Lipinski definition) is 3. The maximum atomic E-state index is 5.86.